The van der Waals surface area contributed by atoms with E-state index in [1.54, 1.807) is 18.5 Å². The molecule has 0 aromatic carbocycles. The molecule has 0 atom stereocenters. The summed E-state index contributed by atoms with van der Waals surface area (Å²) in [5, 5.41) is 10.1. The highest BCUT2D eigenvalue weighted by atomic mass is 16.2. The van der Waals surface area contributed by atoms with Crippen LogP contribution in [0.3, 0.4) is 0 Å². The Kier molecular flexibility index (Phi) is 27.0. The lowest BCUT2D eigenvalue weighted by Gasteiger charge is -1.68. The van der Waals surface area contributed by atoms with Crippen LogP contribution in [-0.4, -0.2) is 39.5 Å². The van der Waals surface area contributed by atoms with Crippen LogP contribution in [0.15, 0.2) is 18.5 Å². The van der Waals surface area contributed by atoms with E-state index in [1.807, 2.05) is 0 Å². The van der Waals surface area contributed by atoms with Gasteiger partial charge in [-0.25, -0.2) is 19.2 Å². The second-order valence-electron chi connectivity index (χ2n) is 2.42. The molecular weight excluding hydrogens is 302 g/mol. The molecule has 0 aliphatic heterocycles. The Labute approximate surface area is 124 Å². The number of nitrogens with zero attached hydrogens (tertiary/aromatic N) is 3. The highest BCUT2D eigenvalue weighted by Crippen LogP contribution is 1.61. The second kappa shape index (κ2) is 22.3. The average molecular weight is 321 g/mol. The van der Waals surface area contributed by atoms with Crippen molar-refractivity contribution in [3.8, 4) is 0 Å². The minimum atomic E-state index is -0.833. The molecule has 126 valence electrons. The van der Waals surface area contributed by atoms with E-state index in [0.29, 0.717) is 0 Å². The lowest BCUT2D eigenvalue weighted by atomic mass is 10.7. The molecule has 15 heteroatoms. The van der Waals surface area contributed by atoms with E-state index in [-0.39, 0.29) is 0 Å². The Hall–Kier alpha value is -3.91. The van der Waals surface area contributed by atoms with Gasteiger partial charge in [0.2, 0.25) is 0 Å². The molecule has 0 radical (unpaired) electrons. The molecule has 8 amide bonds. The fraction of sp³-hybridized carbons (Fsp3) is 0. The smallest absolute Gasteiger partial charge is 0.309 e. The number of amides is 8. The third kappa shape index (κ3) is 839. The van der Waals surface area contributed by atoms with Crippen LogP contribution in [0.25, 0.3) is 0 Å². The van der Waals surface area contributed by atoms with Crippen LogP contribution in [0, 0.1) is 0 Å². The van der Waals surface area contributed by atoms with Gasteiger partial charge in [-0.1, -0.05) is 0 Å². The molecule has 1 heterocycles. The third-order valence-corrected chi connectivity index (χ3v) is 0.409. The van der Waals surface area contributed by atoms with Gasteiger partial charge >= 0.3 is 24.1 Å². The van der Waals surface area contributed by atoms with Crippen molar-refractivity contribution in [2.75, 3.05) is 0 Å². The minimum Gasteiger partial charge on any atom is -0.352 e. The van der Waals surface area contributed by atoms with Crippen LogP contribution in [0.5, 0.6) is 0 Å². The first-order chi connectivity index (χ1) is 9.93. The number of urea groups is 4. The van der Waals surface area contributed by atoms with Gasteiger partial charge in [0.25, 0.3) is 0 Å². The third-order valence-electron chi connectivity index (χ3n) is 0.409. The van der Waals surface area contributed by atoms with E-state index in [1.165, 1.54) is 0 Å². The average Bonchev–Trinajstić information content (AvgIpc) is 2.28. The van der Waals surface area contributed by atoms with Gasteiger partial charge in [0.05, 0.1) is 12.4 Å². The molecule has 1 rings (SSSR count). The van der Waals surface area contributed by atoms with E-state index in [0.717, 1.165) is 0 Å². The fourth-order valence-electron chi connectivity index (χ4n) is 0.205. The molecule has 1 aromatic heterocycles. The summed E-state index contributed by atoms with van der Waals surface area (Å²) >= 11 is 0. The maximum atomic E-state index is 9.00. The number of carbonyl (C=O) groups excluding carboxylic acids is 4. The van der Waals surface area contributed by atoms with Crippen LogP contribution >= 0.6 is 0 Å². The normalized spacial score (nSPS) is 6.55. The maximum absolute atomic E-state index is 9.00. The summed E-state index contributed by atoms with van der Waals surface area (Å²) in [6, 6.07) is -1.62. The predicted molar refractivity (Wildman–Crippen MR) is 74.9 cm³/mol. The van der Waals surface area contributed by atoms with Crippen molar-refractivity contribution in [3.05, 3.63) is 18.5 Å². The number of aromatic nitrogens is 3. The van der Waals surface area contributed by atoms with Gasteiger partial charge in [-0.2, -0.15) is 0 Å². The van der Waals surface area contributed by atoms with E-state index >= 15 is 0 Å². The van der Waals surface area contributed by atoms with Crippen molar-refractivity contribution in [2.24, 2.45) is 45.9 Å². The number of hydrogen-bond donors (Lipinski definition) is 8. The molecule has 0 aliphatic carbocycles. The van der Waals surface area contributed by atoms with Crippen LogP contribution in [0.4, 0.5) is 19.2 Å². The molecule has 0 spiro atoms. The number of primary amides is 8. The zero-order valence-electron chi connectivity index (χ0n) is 11.3. The Morgan fingerprint density at radius 3 is 0.773 bits per heavy atom. The summed E-state index contributed by atoms with van der Waals surface area (Å²) in [6.07, 6.45) is 3.15. The molecule has 16 N–H and O–H groups in total. The molecule has 0 saturated heterocycles. The number of nitrogens with two attached hydrogens (primary N) is 8. The highest BCUT2D eigenvalue weighted by molar-refractivity contribution is 5.69. The first kappa shape index (κ1) is 26.6. The van der Waals surface area contributed by atoms with Gasteiger partial charge in [-0.3, -0.25) is 0 Å². The van der Waals surface area contributed by atoms with Crippen LogP contribution < -0.4 is 45.9 Å². The number of carbonyl (C=O) groups is 4. The molecule has 0 unspecified atom stereocenters. The van der Waals surface area contributed by atoms with Crippen molar-refractivity contribution in [1.82, 2.24) is 15.4 Å². The summed E-state index contributed by atoms with van der Waals surface area (Å²) in [5.41, 5.74) is 34.0. The molecule has 0 aliphatic rings. The topological polar surface area (TPSA) is 315 Å². The van der Waals surface area contributed by atoms with E-state index in [9.17, 15) is 0 Å². The van der Waals surface area contributed by atoms with Crippen molar-refractivity contribution in [2.45, 2.75) is 0 Å². The molecule has 0 bridgehead atoms. The van der Waals surface area contributed by atoms with Gasteiger partial charge in [-0.15, -0.1) is 10.2 Å². The molecule has 15 nitrogen and oxygen atoms in total. The van der Waals surface area contributed by atoms with Crippen LogP contribution in [-0.2, 0) is 0 Å². The van der Waals surface area contributed by atoms with Crippen LogP contribution in [0.2, 0.25) is 0 Å². The first-order valence-corrected chi connectivity index (χ1v) is 4.71. The Bertz CT molecular complexity index is 321. The Morgan fingerprint density at radius 1 is 0.545 bits per heavy atom. The molecule has 0 fully saturated rings. The summed E-state index contributed by atoms with van der Waals surface area (Å²) in [4.78, 5) is 36.0. The highest BCUT2D eigenvalue weighted by Gasteiger charge is 1.62. The predicted octanol–water partition coefficient (Wildman–Crippen LogP) is -4.03. The molecule has 0 saturated carbocycles. The summed E-state index contributed by atoms with van der Waals surface area (Å²) in [5.74, 6) is 0. The van der Waals surface area contributed by atoms with E-state index < -0.39 is 24.1 Å². The second-order valence-corrected chi connectivity index (χ2v) is 2.42. The largest absolute Gasteiger partial charge is 0.352 e. The Morgan fingerprint density at radius 2 is 0.727 bits per heavy atom. The quantitative estimate of drug-likeness (QED) is 0.233. The molecule has 22 heavy (non-hydrogen) atoms. The molecule has 1 aromatic rings. The van der Waals surface area contributed by atoms with Crippen molar-refractivity contribution >= 4 is 24.1 Å². The zero-order valence-corrected chi connectivity index (χ0v) is 11.3. The SMILES string of the molecule is NC(N)=O.NC(N)=O.NC(N)=O.NC(N)=O.c1cnnnc1. The van der Waals surface area contributed by atoms with E-state index in [2.05, 4.69) is 61.3 Å². The van der Waals surface area contributed by atoms with Gasteiger partial charge < -0.3 is 45.9 Å². The standard InChI is InChI=1S/C3H3N3.4CH4N2O/c1-2-4-6-5-3-1;4*2-1(3)4/h1-3H;4*(H4,2,3,4). The summed E-state index contributed by atoms with van der Waals surface area (Å²) < 4.78 is 0. The minimum absolute atomic E-state index is 0.833. The van der Waals surface area contributed by atoms with Crippen molar-refractivity contribution in [3.63, 3.8) is 0 Å². The monoisotopic (exact) mass is 321 g/mol. The lowest BCUT2D eigenvalue weighted by molar-refractivity contribution is 0.255. The summed E-state index contributed by atoms with van der Waals surface area (Å²) in [7, 11) is 0. The van der Waals surface area contributed by atoms with Crippen molar-refractivity contribution in [1.29, 1.82) is 0 Å². The van der Waals surface area contributed by atoms with Gasteiger partial charge in [0.1, 0.15) is 0 Å². The van der Waals surface area contributed by atoms with Gasteiger partial charge in [0.15, 0.2) is 0 Å². The van der Waals surface area contributed by atoms with Crippen LogP contribution in [0.1, 0.15) is 0 Å². The molecular formula is C7H19N11O4. The number of rotatable bonds is 0. The van der Waals surface area contributed by atoms with E-state index in [4.69, 9.17) is 19.2 Å². The van der Waals surface area contributed by atoms with Crippen molar-refractivity contribution < 1.29 is 19.2 Å². The summed E-state index contributed by atoms with van der Waals surface area (Å²) in [6.45, 7) is 0. The Balaban J connectivity index is -0.0000000937. The fourth-order valence-corrected chi connectivity index (χ4v) is 0.205. The zero-order chi connectivity index (χ0) is 18.6. The van der Waals surface area contributed by atoms with Gasteiger partial charge in [-0.05, 0) is 11.3 Å². The first-order valence-electron chi connectivity index (χ1n) is 4.71. The lowest BCUT2D eigenvalue weighted by Crippen LogP contribution is -2.18. The maximum Gasteiger partial charge on any atom is 0.309 e. The number of hydrogen-bond acceptors (Lipinski definition) is 7. The van der Waals surface area contributed by atoms with Gasteiger partial charge in [0, 0.05) is 0 Å².